The van der Waals surface area contributed by atoms with E-state index in [0.29, 0.717) is 5.69 Å². The fourth-order valence-electron chi connectivity index (χ4n) is 1.39. The summed E-state index contributed by atoms with van der Waals surface area (Å²) >= 11 is 0. The molecule has 0 saturated carbocycles. The van der Waals surface area contributed by atoms with Gasteiger partial charge in [-0.1, -0.05) is 0 Å². The van der Waals surface area contributed by atoms with E-state index in [1.54, 1.807) is 0 Å². The quantitative estimate of drug-likeness (QED) is 0.877. The Morgan fingerprint density at radius 3 is 2.38 bits per heavy atom. The molecule has 0 aromatic carbocycles. The molecule has 0 aliphatic rings. The first kappa shape index (κ1) is 14.7. The largest absolute Gasteiger partial charge is 0.464 e. The minimum absolute atomic E-state index is 0.0218. The highest BCUT2D eigenvalue weighted by Crippen LogP contribution is 2.28. The van der Waals surface area contributed by atoms with E-state index < -0.39 is 17.8 Å². The first-order valence-corrected chi connectivity index (χ1v) is 5.61. The summed E-state index contributed by atoms with van der Waals surface area (Å²) in [4.78, 5) is 22.1. The van der Waals surface area contributed by atoms with E-state index in [2.05, 4.69) is 25.0 Å². The Hall–Kier alpha value is -2.71. The molecule has 1 N–H and O–H groups in total. The normalized spacial score (nSPS) is 11.0. The molecule has 0 atom stereocenters. The third-order valence-corrected chi connectivity index (χ3v) is 2.37. The molecule has 110 valence electrons. The van der Waals surface area contributed by atoms with Crippen molar-refractivity contribution in [3.8, 4) is 0 Å². The second kappa shape index (κ2) is 5.73. The molecule has 2 rings (SSSR count). The van der Waals surface area contributed by atoms with Crippen molar-refractivity contribution in [3.05, 3.63) is 42.1 Å². The van der Waals surface area contributed by atoms with Crippen molar-refractivity contribution in [1.82, 2.24) is 15.0 Å². The van der Waals surface area contributed by atoms with Crippen LogP contribution < -0.4 is 5.32 Å². The molecule has 2 heterocycles. The molecule has 6 nitrogen and oxygen atoms in total. The number of alkyl halides is 3. The molecule has 0 bridgehead atoms. The standard InChI is InChI=1S/C12H9F3N4O2/c1-21-11(20)8-5-18-10(6-16-8)19-7-2-3-9(17-4-7)12(13,14)15/h2-6H,1H3,(H,18,19). The van der Waals surface area contributed by atoms with E-state index in [1.807, 2.05) is 0 Å². The van der Waals surface area contributed by atoms with Crippen LogP contribution in [-0.2, 0) is 10.9 Å². The van der Waals surface area contributed by atoms with Crippen molar-refractivity contribution in [3.63, 3.8) is 0 Å². The zero-order valence-electron chi connectivity index (χ0n) is 10.7. The van der Waals surface area contributed by atoms with Crippen LogP contribution in [-0.4, -0.2) is 28.0 Å². The highest BCUT2D eigenvalue weighted by molar-refractivity contribution is 5.86. The molecule has 0 amide bonds. The van der Waals surface area contributed by atoms with E-state index in [4.69, 9.17) is 0 Å². The Labute approximate surface area is 117 Å². The molecule has 21 heavy (non-hydrogen) atoms. The number of rotatable bonds is 3. The van der Waals surface area contributed by atoms with Gasteiger partial charge in [-0.15, -0.1) is 0 Å². The third-order valence-electron chi connectivity index (χ3n) is 2.37. The van der Waals surface area contributed by atoms with E-state index in [9.17, 15) is 18.0 Å². The number of pyridine rings is 1. The summed E-state index contributed by atoms with van der Waals surface area (Å²) in [5.41, 5.74) is -0.656. The van der Waals surface area contributed by atoms with Crippen molar-refractivity contribution < 1.29 is 22.7 Å². The number of carbonyl (C=O) groups excluding carboxylic acids is 1. The maximum atomic E-state index is 12.4. The molecule has 0 aliphatic carbocycles. The summed E-state index contributed by atoms with van der Waals surface area (Å²) in [5, 5.41) is 2.71. The summed E-state index contributed by atoms with van der Waals surface area (Å²) < 4.78 is 41.5. The fraction of sp³-hybridized carbons (Fsp3) is 0.167. The van der Waals surface area contributed by atoms with Gasteiger partial charge in [0.2, 0.25) is 0 Å². The maximum Gasteiger partial charge on any atom is 0.433 e. The molecule has 9 heteroatoms. The van der Waals surface area contributed by atoms with Crippen molar-refractivity contribution in [1.29, 1.82) is 0 Å². The van der Waals surface area contributed by atoms with Crippen LogP contribution in [0.4, 0.5) is 24.7 Å². The first-order valence-electron chi connectivity index (χ1n) is 5.61. The minimum Gasteiger partial charge on any atom is -0.464 e. The lowest BCUT2D eigenvalue weighted by molar-refractivity contribution is -0.141. The molecule has 0 unspecified atom stereocenters. The number of esters is 1. The molecule has 0 spiro atoms. The van der Waals surface area contributed by atoms with Gasteiger partial charge in [-0.2, -0.15) is 13.2 Å². The highest BCUT2D eigenvalue weighted by atomic mass is 19.4. The van der Waals surface area contributed by atoms with Gasteiger partial charge in [0.15, 0.2) is 5.69 Å². The predicted octanol–water partition coefficient (Wildman–Crippen LogP) is 2.42. The molecular formula is C12H9F3N4O2. The maximum absolute atomic E-state index is 12.4. The number of aromatic nitrogens is 3. The Bertz CT molecular complexity index is 626. The molecule has 0 radical (unpaired) electrons. The average molecular weight is 298 g/mol. The van der Waals surface area contributed by atoms with E-state index in [1.165, 1.54) is 25.6 Å². The number of hydrogen-bond donors (Lipinski definition) is 1. The molecule has 0 fully saturated rings. The monoisotopic (exact) mass is 298 g/mol. The second-order valence-electron chi connectivity index (χ2n) is 3.83. The lowest BCUT2D eigenvalue weighted by Gasteiger charge is -2.08. The van der Waals surface area contributed by atoms with Gasteiger partial charge in [-0.25, -0.2) is 19.7 Å². The zero-order chi connectivity index (χ0) is 15.5. The van der Waals surface area contributed by atoms with Crippen LogP contribution in [0.3, 0.4) is 0 Å². The van der Waals surface area contributed by atoms with Crippen molar-refractivity contribution in [2.45, 2.75) is 6.18 Å². The van der Waals surface area contributed by atoms with Crippen LogP contribution in [0.15, 0.2) is 30.7 Å². The smallest absolute Gasteiger partial charge is 0.433 e. The topological polar surface area (TPSA) is 77.0 Å². The lowest BCUT2D eigenvalue weighted by Crippen LogP contribution is -2.08. The number of anilines is 2. The van der Waals surface area contributed by atoms with Crippen molar-refractivity contribution >= 4 is 17.5 Å². The first-order chi connectivity index (χ1) is 9.90. The molecule has 2 aromatic rings. The Balaban J connectivity index is 2.10. The fourth-order valence-corrected chi connectivity index (χ4v) is 1.39. The Kier molecular flexibility index (Phi) is 4.01. The Morgan fingerprint density at radius 1 is 1.14 bits per heavy atom. The van der Waals surface area contributed by atoms with Gasteiger partial charge in [0.25, 0.3) is 0 Å². The second-order valence-corrected chi connectivity index (χ2v) is 3.83. The number of nitrogens with zero attached hydrogens (tertiary/aromatic N) is 3. The van der Waals surface area contributed by atoms with Gasteiger partial charge < -0.3 is 10.1 Å². The van der Waals surface area contributed by atoms with Gasteiger partial charge in [0.05, 0.1) is 31.4 Å². The van der Waals surface area contributed by atoms with E-state index in [0.717, 1.165) is 12.3 Å². The number of nitrogens with one attached hydrogen (secondary N) is 1. The molecule has 2 aromatic heterocycles. The van der Waals surface area contributed by atoms with Crippen LogP contribution in [0.25, 0.3) is 0 Å². The van der Waals surface area contributed by atoms with Crippen LogP contribution in [0.1, 0.15) is 16.2 Å². The Morgan fingerprint density at radius 2 is 1.90 bits per heavy atom. The number of ether oxygens (including phenoxy) is 1. The van der Waals surface area contributed by atoms with Crippen LogP contribution >= 0.6 is 0 Å². The van der Waals surface area contributed by atoms with Crippen LogP contribution in [0.5, 0.6) is 0 Å². The molecule has 0 saturated heterocycles. The third kappa shape index (κ3) is 3.65. The summed E-state index contributed by atoms with van der Waals surface area (Å²) in [6.45, 7) is 0. The lowest BCUT2D eigenvalue weighted by atomic mass is 10.3. The van der Waals surface area contributed by atoms with Gasteiger partial charge >= 0.3 is 12.1 Å². The molecular weight excluding hydrogens is 289 g/mol. The highest BCUT2D eigenvalue weighted by Gasteiger charge is 2.32. The van der Waals surface area contributed by atoms with Gasteiger partial charge in [0, 0.05) is 0 Å². The summed E-state index contributed by atoms with van der Waals surface area (Å²) in [6.07, 6.45) is -1.02. The molecule has 0 aliphatic heterocycles. The predicted molar refractivity (Wildman–Crippen MR) is 65.9 cm³/mol. The SMILES string of the molecule is COC(=O)c1cnc(Nc2ccc(C(F)(F)F)nc2)cn1. The summed E-state index contributed by atoms with van der Waals surface area (Å²) in [5.74, 6) is -0.380. The van der Waals surface area contributed by atoms with Gasteiger partial charge in [-0.3, -0.25) is 0 Å². The van der Waals surface area contributed by atoms with E-state index >= 15 is 0 Å². The number of halogens is 3. The minimum atomic E-state index is -4.49. The van der Waals surface area contributed by atoms with Crippen LogP contribution in [0, 0.1) is 0 Å². The van der Waals surface area contributed by atoms with E-state index in [-0.39, 0.29) is 11.5 Å². The summed E-state index contributed by atoms with van der Waals surface area (Å²) in [6, 6.07) is 2.06. The van der Waals surface area contributed by atoms with Gasteiger partial charge in [-0.05, 0) is 12.1 Å². The van der Waals surface area contributed by atoms with Crippen LogP contribution in [0.2, 0.25) is 0 Å². The van der Waals surface area contributed by atoms with Gasteiger partial charge in [0.1, 0.15) is 11.5 Å². The average Bonchev–Trinajstić information content (AvgIpc) is 2.47. The number of methoxy groups -OCH3 is 1. The zero-order valence-corrected chi connectivity index (χ0v) is 10.7. The van der Waals surface area contributed by atoms with Crippen molar-refractivity contribution in [2.24, 2.45) is 0 Å². The van der Waals surface area contributed by atoms with Crippen molar-refractivity contribution in [2.75, 3.05) is 12.4 Å². The summed E-state index contributed by atoms with van der Waals surface area (Å²) in [7, 11) is 1.21. The number of carbonyl (C=O) groups is 1. The number of hydrogen-bond acceptors (Lipinski definition) is 6.